The first-order valence-corrected chi connectivity index (χ1v) is 9.03. The van der Waals surface area contributed by atoms with Crippen LogP contribution in [0.3, 0.4) is 0 Å². The number of nitrogens with zero attached hydrogens (tertiary/aromatic N) is 3. The van der Waals surface area contributed by atoms with Crippen LogP contribution in [-0.2, 0) is 9.53 Å². The van der Waals surface area contributed by atoms with Crippen molar-refractivity contribution in [2.75, 3.05) is 26.7 Å². The lowest BCUT2D eigenvalue weighted by atomic mass is 9.98. The van der Waals surface area contributed by atoms with Crippen LogP contribution in [-0.4, -0.2) is 70.1 Å². The molecule has 25 heavy (non-hydrogen) atoms. The van der Waals surface area contributed by atoms with E-state index < -0.39 is 5.54 Å². The van der Waals surface area contributed by atoms with E-state index in [1.807, 2.05) is 6.20 Å². The molecule has 136 valence electrons. The summed E-state index contributed by atoms with van der Waals surface area (Å²) in [6.45, 7) is 1.80. The van der Waals surface area contributed by atoms with Crippen LogP contribution in [0.5, 0.6) is 0 Å². The Bertz CT molecular complexity index is 641. The minimum Gasteiger partial charge on any atom is -0.380 e. The Labute approximate surface area is 146 Å². The normalized spacial score (nSPS) is 29.1. The average molecular weight is 347 g/mol. The molecule has 1 aliphatic carbocycles. The standard InChI is InChI=1S/C17H25N5O3/c1-25-12-10-13(14-18-6-7-19-14)21(11-12)8-9-22-15(23)17(20-16(22)24)4-2-3-5-17/h6-7,12-13H,2-5,8-11H2,1H3,(H,18,19)(H,20,24)/t12-,13?/m1/s1. The number of rotatable bonds is 5. The highest BCUT2D eigenvalue weighted by molar-refractivity contribution is 6.07. The van der Waals surface area contributed by atoms with E-state index in [0.29, 0.717) is 13.1 Å². The molecule has 1 unspecified atom stereocenters. The zero-order chi connectivity index (χ0) is 17.4. The van der Waals surface area contributed by atoms with Gasteiger partial charge in [0.2, 0.25) is 0 Å². The maximum absolute atomic E-state index is 12.8. The lowest BCUT2D eigenvalue weighted by Crippen LogP contribution is -2.44. The van der Waals surface area contributed by atoms with Crippen LogP contribution in [0, 0.1) is 0 Å². The van der Waals surface area contributed by atoms with Gasteiger partial charge in [0.05, 0.1) is 12.1 Å². The van der Waals surface area contributed by atoms with Crippen LogP contribution < -0.4 is 5.32 Å². The predicted octanol–water partition coefficient (Wildman–Crippen LogP) is 1.04. The Balaban J connectivity index is 1.43. The molecule has 2 saturated heterocycles. The Hall–Kier alpha value is -1.93. The first-order chi connectivity index (χ1) is 12.1. The van der Waals surface area contributed by atoms with Crippen LogP contribution in [0.1, 0.15) is 44.0 Å². The number of aromatic nitrogens is 2. The minimum atomic E-state index is -0.627. The summed E-state index contributed by atoms with van der Waals surface area (Å²) in [6, 6.07) is -0.120. The van der Waals surface area contributed by atoms with E-state index in [4.69, 9.17) is 4.74 Å². The third-order valence-electron chi connectivity index (χ3n) is 5.85. The summed E-state index contributed by atoms with van der Waals surface area (Å²) in [4.78, 5) is 36.2. The zero-order valence-corrected chi connectivity index (χ0v) is 14.5. The summed E-state index contributed by atoms with van der Waals surface area (Å²) in [5.74, 6) is 0.857. The number of likely N-dealkylation sites (tertiary alicyclic amines) is 1. The van der Waals surface area contributed by atoms with Crippen molar-refractivity contribution in [1.29, 1.82) is 0 Å². The van der Waals surface area contributed by atoms with Crippen molar-refractivity contribution in [2.24, 2.45) is 0 Å². The van der Waals surface area contributed by atoms with E-state index in [1.165, 1.54) is 4.90 Å². The molecule has 3 heterocycles. The predicted molar refractivity (Wildman–Crippen MR) is 89.8 cm³/mol. The smallest absolute Gasteiger partial charge is 0.325 e. The number of imide groups is 1. The molecule has 8 nitrogen and oxygen atoms in total. The quantitative estimate of drug-likeness (QED) is 0.777. The molecule has 1 saturated carbocycles. The van der Waals surface area contributed by atoms with Crippen LogP contribution in [0.2, 0.25) is 0 Å². The average Bonchev–Trinajstić information content (AvgIpc) is 3.37. The van der Waals surface area contributed by atoms with Crippen LogP contribution in [0.15, 0.2) is 12.4 Å². The second-order valence-corrected chi connectivity index (χ2v) is 7.25. The van der Waals surface area contributed by atoms with Crippen molar-refractivity contribution in [3.8, 4) is 0 Å². The third-order valence-corrected chi connectivity index (χ3v) is 5.85. The van der Waals surface area contributed by atoms with E-state index in [0.717, 1.165) is 44.5 Å². The van der Waals surface area contributed by atoms with Gasteiger partial charge in [-0.3, -0.25) is 14.6 Å². The molecule has 4 rings (SSSR count). The number of H-pyrrole nitrogens is 1. The number of hydrogen-bond donors (Lipinski definition) is 2. The van der Waals surface area contributed by atoms with Gasteiger partial charge >= 0.3 is 6.03 Å². The van der Waals surface area contributed by atoms with Crippen molar-refractivity contribution in [3.05, 3.63) is 18.2 Å². The number of amides is 3. The first kappa shape index (κ1) is 16.5. The Kier molecular flexibility index (Phi) is 4.24. The second kappa shape index (κ2) is 6.42. The summed E-state index contributed by atoms with van der Waals surface area (Å²) >= 11 is 0. The number of hydrogen-bond acceptors (Lipinski definition) is 5. The molecular weight excluding hydrogens is 322 g/mol. The number of nitrogens with one attached hydrogen (secondary N) is 2. The van der Waals surface area contributed by atoms with Gasteiger partial charge in [0.25, 0.3) is 5.91 Å². The fourth-order valence-electron chi connectivity index (χ4n) is 4.45. The molecule has 2 aliphatic heterocycles. The first-order valence-electron chi connectivity index (χ1n) is 9.03. The summed E-state index contributed by atoms with van der Waals surface area (Å²) in [5, 5.41) is 2.94. The monoisotopic (exact) mass is 347 g/mol. The molecule has 3 aliphatic rings. The maximum Gasteiger partial charge on any atom is 0.325 e. The molecule has 0 radical (unpaired) electrons. The van der Waals surface area contributed by atoms with E-state index in [1.54, 1.807) is 13.3 Å². The number of urea groups is 1. The lowest BCUT2D eigenvalue weighted by Gasteiger charge is -2.25. The molecule has 2 atom stereocenters. The van der Waals surface area contributed by atoms with E-state index in [-0.39, 0.29) is 24.1 Å². The van der Waals surface area contributed by atoms with Crippen LogP contribution in [0.4, 0.5) is 4.79 Å². The van der Waals surface area contributed by atoms with Crippen molar-refractivity contribution < 1.29 is 14.3 Å². The van der Waals surface area contributed by atoms with E-state index in [2.05, 4.69) is 20.2 Å². The molecule has 0 bridgehead atoms. The molecule has 2 N–H and O–H groups in total. The van der Waals surface area contributed by atoms with Crippen molar-refractivity contribution >= 4 is 11.9 Å². The molecule has 1 aromatic heterocycles. The van der Waals surface area contributed by atoms with Crippen LogP contribution in [0.25, 0.3) is 0 Å². The Morgan fingerprint density at radius 3 is 2.80 bits per heavy atom. The highest BCUT2D eigenvalue weighted by Crippen LogP contribution is 2.35. The number of carbonyl (C=O) groups is 2. The van der Waals surface area contributed by atoms with Gasteiger partial charge in [0, 0.05) is 39.1 Å². The lowest BCUT2D eigenvalue weighted by molar-refractivity contribution is -0.131. The topological polar surface area (TPSA) is 90.6 Å². The van der Waals surface area contributed by atoms with Gasteiger partial charge in [-0.2, -0.15) is 0 Å². The highest BCUT2D eigenvalue weighted by atomic mass is 16.5. The summed E-state index contributed by atoms with van der Waals surface area (Å²) < 4.78 is 5.52. The summed E-state index contributed by atoms with van der Waals surface area (Å²) in [7, 11) is 1.72. The molecule has 3 amide bonds. The highest BCUT2D eigenvalue weighted by Gasteiger charge is 2.52. The van der Waals surface area contributed by atoms with Crippen molar-refractivity contribution in [1.82, 2.24) is 25.1 Å². The maximum atomic E-state index is 12.8. The summed E-state index contributed by atoms with van der Waals surface area (Å²) in [6.07, 6.45) is 8.08. The SMILES string of the molecule is CO[C@@H]1CC(c2ncc[nH]2)N(CCN2C(=O)NC3(CCCC3)C2=O)C1. The molecular formula is C17H25N5O3. The molecule has 1 spiro atoms. The van der Waals surface area contributed by atoms with E-state index in [9.17, 15) is 9.59 Å². The fraction of sp³-hybridized carbons (Fsp3) is 0.706. The number of aromatic amines is 1. The molecule has 3 fully saturated rings. The number of methoxy groups -OCH3 is 1. The van der Waals surface area contributed by atoms with Gasteiger partial charge < -0.3 is 15.0 Å². The van der Waals surface area contributed by atoms with E-state index >= 15 is 0 Å². The zero-order valence-electron chi connectivity index (χ0n) is 14.5. The molecule has 0 aromatic carbocycles. The van der Waals surface area contributed by atoms with Crippen molar-refractivity contribution in [3.63, 3.8) is 0 Å². The number of carbonyl (C=O) groups excluding carboxylic acids is 2. The fourth-order valence-corrected chi connectivity index (χ4v) is 4.45. The van der Waals surface area contributed by atoms with Gasteiger partial charge in [-0.25, -0.2) is 9.78 Å². The summed E-state index contributed by atoms with van der Waals surface area (Å²) in [5.41, 5.74) is -0.627. The second-order valence-electron chi connectivity index (χ2n) is 7.25. The Morgan fingerprint density at radius 1 is 1.32 bits per heavy atom. The molecule has 1 aromatic rings. The van der Waals surface area contributed by atoms with Gasteiger partial charge in [0.1, 0.15) is 11.4 Å². The van der Waals surface area contributed by atoms with Gasteiger partial charge in [-0.05, 0) is 19.3 Å². The Morgan fingerprint density at radius 2 is 2.12 bits per heavy atom. The minimum absolute atomic E-state index is 0.0490. The van der Waals surface area contributed by atoms with Gasteiger partial charge in [-0.15, -0.1) is 0 Å². The number of ether oxygens (including phenoxy) is 1. The van der Waals surface area contributed by atoms with Gasteiger partial charge in [0.15, 0.2) is 0 Å². The third kappa shape index (κ3) is 2.83. The molecule has 8 heteroatoms. The number of imidazole rings is 1. The largest absolute Gasteiger partial charge is 0.380 e. The van der Waals surface area contributed by atoms with Crippen molar-refractivity contribution in [2.45, 2.75) is 49.8 Å². The van der Waals surface area contributed by atoms with Crippen LogP contribution >= 0.6 is 0 Å². The van der Waals surface area contributed by atoms with Gasteiger partial charge in [-0.1, -0.05) is 12.8 Å².